The molecule has 5 rings (SSSR count). The topological polar surface area (TPSA) is 119 Å². The van der Waals surface area contributed by atoms with Crippen LogP contribution in [0, 0.1) is 17.2 Å². The van der Waals surface area contributed by atoms with Gasteiger partial charge in [-0.05, 0) is 66.5 Å². The number of thiophene rings is 1. The quantitative estimate of drug-likeness (QED) is 0.222. The second-order valence-electron chi connectivity index (χ2n) is 9.50. The summed E-state index contributed by atoms with van der Waals surface area (Å²) in [7, 11) is 0. The summed E-state index contributed by atoms with van der Waals surface area (Å²) in [6.45, 7) is 2.20. The smallest absolute Gasteiger partial charge is 0.336 e. The van der Waals surface area contributed by atoms with E-state index in [0.29, 0.717) is 32.9 Å². The summed E-state index contributed by atoms with van der Waals surface area (Å²) in [6.07, 6.45) is 2.86. The summed E-state index contributed by atoms with van der Waals surface area (Å²) >= 11 is 2.83. The summed E-state index contributed by atoms with van der Waals surface area (Å²) in [6, 6.07) is 19.4. The van der Waals surface area contributed by atoms with Gasteiger partial charge in [-0.15, -0.1) is 23.1 Å². The van der Waals surface area contributed by atoms with Gasteiger partial charge in [0.1, 0.15) is 11.1 Å². The molecule has 39 heavy (non-hydrogen) atoms. The van der Waals surface area contributed by atoms with Crippen LogP contribution in [0.25, 0.3) is 10.8 Å². The SMILES string of the molecule is CC1CCc2c(sc(NC(=O)CSc3cccc(NC(=O)c4cccc5cccc(C(=O)O)c45)c3)c2C#N)C1. The van der Waals surface area contributed by atoms with Crippen molar-refractivity contribution in [1.82, 2.24) is 0 Å². The normalized spacial score (nSPS) is 14.3. The number of carbonyl (C=O) groups excluding carboxylic acids is 2. The lowest BCUT2D eigenvalue weighted by atomic mass is 9.89. The molecule has 0 radical (unpaired) electrons. The van der Waals surface area contributed by atoms with Crippen LogP contribution in [0.15, 0.2) is 65.6 Å². The minimum Gasteiger partial charge on any atom is -0.478 e. The van der Waals surface area contributed by atoms with Gasteiger partial charge >= 0.3 is 5.97 Å². The molecular weight excluding hydrogens is 530 g/mol. The number of aromatic carboxylic acids is 1. The highest BCUT2D eigenvalue weighted by Crippen LogP contribution is 2.39. The molecule has 1 heterocycles. The monoisotopic (exact) mass is 555 g/mol. The van der Waals surface area contributed by atoms with Crippen molar-refractivity contribution >= 4 is 62.3 Å². The van der Waals surface area contributed by atoms with Crippen molar-refractivity contribution in [3.05, 3.63) is 87.8 Å². The maximum absolute atomic E-state index is 13.1. The first kappa shape index (κ1) is 26.5. The predicted octanol–water partition coefficient (Wildman–Crippen LogP) is 6.58. The molecule has 1 unspecified atom stereocenters. The number of amides is 2. The van der Waals surface area contributed by atoms with Crippen LogP contribution in [-0.2, 0) is 17.6 Å². The van der Waals surface area contributed by atoms with Crippen LogP contribution in [-0.4, -0.2) is 28.6 Å². The van der Waals surface area contributed by atoms with Gasteiger partial charge in [-0.1, -0.05) is 37.3 Å². The predicted molar refractivity (Wildman–Crippen MR) is 155 cm³/mol. The lowest BCUT2D eigenvalue weighted by Gasteiger charge is -2.17. The number of nitrogens with zero attached hydrogens (tertiary/aromatic N) is 1. The molecule has 1 atom stereocenters. The molecule has 2 amide bonds. The number of nitriles is 1. The minimum atomic E-state index is -1.10. The molecule has 0 spiro atoms. The molecule has 3 N–H and O–H groups in total. The summed E-state index contributed by atoms with van der Waals surface area (Å²) in [5.41, 5.74) is 2.53. The third-order valence-electron chi connectivity index (χ3n) is 6.72. The summed E-state index contributed by atoms with van der Waals surface area (Å²) < 4.78 is 0. The van der Waals surface area contributed by atoms with Gasteiger partial charge < -0.3 is 15.7 Å². The first-order valence-electron chi connectivity index (χ1n) is 12.5. The Morgan fingerprint density at radius 3 is 2.56 bits per heavy atom. The fraction of sp³-hybridized carbons (Fsp3) is 0.200. The van der Waals surface area contributed by atoms with Crippen molar-refractivity contribution in [3.63, 3.8) is 0 Å². The highest BCUT2D eigenvalue weighted by molar-refractivity contribution is 8.00. The van der Waals surface area contributed by atoms with Crippen molar-refractivity contribution in [1.29, 1.82) is 5.26 Å². The number of rotatable bonds is 7. The van der Waals surface area contributed by atoms with Crippen molar-refractivity contribution < 1.29 is 19.5 Å². The van der Waals surface area contributed by atoms with Crippen LogP contribution in [0.4, 0.5) is 10.7 Å². The van der Waals surface area contributed by atoms with Gasteiger partial charge in [-0.3, -0.25) is 9.59 Å². The van der Waals surface area contributed by atoms with E-state index >= 15 is 0 Å². The number of anilines is 2. The highest BCUT2D eigenvalue weighted by Gasteiger charge is 2.24. The summed E-state index contributed by atoms with van der Waals surface area (Å²) in [5.74, 6) is -0.998. The van der Waals surface area contributed by atoms with Gasteiger partial charge in [-0.2, -0.15) is 5.26 Å². The largest absolute Gasteiger partial charge is 0.478 e. The molecule has 0 bridgehead atoms. The molecule has 7 nitrogen and oxygen atoms in total. The van der Waals surface area contributed by atoms with E-state index in [1.807, 2.05) is 6.07 Å². The maximum atomic E-state index is 13.1. The zero-order chi connectivity index (χ0) is 27.5. The van der Waals surface area contributed by atoms with Crippen molar-refractivity contribution in [3.8, 4) is 6.07 Å². The average molecular weight is 556 g/mol. The number of carboxylic acids is 1. The van der Waals surface area contributed by atoms with Gasteiger partial charge in [0.15, 0.2) is 0 Å². The van der Waals surface area contributed by atoms with Crippen LogP contribution in [0.1, 0.15) is 50.1 Å². The molecule has 1 aromatic heterocycles. The number of hydrogen-bond acceptors (Lipinski definition) is 6. The van der Waals surface area contributed by atoms with Crippen molar-refractivity contribution in [2.45, 2.75) is 31.1 Å². The lowest BCUT2D eigenvalue weighted by Crippen LogP contribution is -2.14. The molecule has 196 valence electrons. The Morgan fingerprint density at radius 1 is 1.08 bits per heavy atom. The number of carbonyl (C=O) groups is 3. The number of thioether (sulfide) groups is 1. The number of hydrogen-bond donors (Lipinski definition) is 3. The third kappa shape index (κ3) is 5.67. The standard InChI is InChI=1S/C30H25N3O4S2/c1-17-11-12-21-24(15-31)29(39-25(21)13-17)33-26(34)16-38-20-8-4-7-19(14-20)32-28(35)22-9-2-5-18-6-3-10-23(27(18)22)30(36)37/h2-10,14,17H,11-13,16H2,1H3,(H,32,35)(H,33,34)(H,36,37). The average Bonchev–Trinajstić information content (AvgIpc) is 3.26. The van der Waals surface area contributed by atoms with Crippen LogP contribution in [0.2, 0.25) is 0 Å². The van der Waals surface area contributed by atoms with Gasteiger partial charge in [0.05, 0.1) is 16.9 Å². The van der Waals surface area contributed by atoms with E-state index in [1.165, 1.54) is 34.0 Å². The Hall–Kier alpha value is -4.13. The van der Waals surface area contributed by atoms with Crippen LogP contribution in [0.5, 0.6) is 0 Å². The zero-order valence-electron chi connectivity index (χ0n) is 21.1. The van der Waals surface area contributed by atoms with Crippen LogP contribution in [0.3, 0.4) is 0 Å². The third-order valence-corrected chi connectivity index (χ3v) is 8.88. The van der Waals surface area contributed by atoms with Crippen LogP contribution < -0.4 is 10.6 Å². The molecule has 1 aliphatic carbocycles. The molecule has 1 aliphatic rings. The molecule has 3 aromatic carbocycles. The first-order valence-corrected chi connectivity index (χ1v) is 14.3. The number of carboxylic acid groups (broad SMARTS) is 1. The van der Waals surface area contributed by atoms with E-state index in [4.69, 9.17) is 0 Å². The lowest BCUT2D eigenvalue weighted by molar-refractivity contribution is -0.113. The minimum absolute atomic E-state index is 0.0641. The van der Waals surface area contributed by atoms with E-state index in [0.717, 1.165) is 29.7 Å². The fourth-order valence-electron chi connectivity index (χ4n) is 4.84. The van der Waals surface area contributed by atoms with Crippen molar-refractivity contribution in [2.24, 2.45) is 5.92 Å². The van der Waals surface area contributed by atoms with Gasteiger partial charge in [0.25, 0.3) is 5.91 Å². The molecule has 9 heteroatoms. The van der Waals surface area contributed by atoms with Crippen molar-refractivity contribution in [2.75, 3.05) is 16.4 Å². The number of benzene rings is 3. The molecule has 0 aliphatic heterocycles. The second kappa shape index (κ2) is 11.3. The first-order chi connectivity index (χ1) is 18.8. The van der Waals surface area contributed by atoms with Crippen LogP contribution >= 0.6 is 23.1 Å². The van der Waals surface area contributed by atoms with E-state index in [2.05, 4.69) is 23.6 Å². The van der Waals surface area contributed by atoms with E-state index in [-0.39, 0.29) is 22.8 Å². The Labute approximate surface area is 233 Å². The summed E-state index contributed by atoms with van der Waals surface area (Å²) in [5, 5.41) is 26.7. The zero-order valence-corrected chi connectivity index (χ0v) is 22.7. The Kier molecular flexibility index (Phi) is 7.68. The summed E-state index contributed by atoms with van der Waals surface area (Å²) in [4.78, 5) is 39.6. The Morgan fingerprint density at radius 2 is 1.82 bits per heavy atom. The Bertz CT molecular complexity index is 1650. The van der Waals surface area contributed by atoms with E-state index in [9.17, 15) is 24.8 Å². The fourth-order valence-corrected chi connectivity index (χ4v) is 6.97. The maximum Gasteiger partial charge on any atom is 0.336 e. The highest BCUT2D eigenvalue weighted by atomic mass is 32.2. The van der Waals surface area contributed by atoms with E-state index in [1.54, 1.807) is 48.5 Å². The Balaban J connectivity index is 1.26. The number of nitrogens with one attached hydrogen (secondary N) is 2. The van der Waals surface area contributed by atoms with Gasteiger partial charge in [0, 0.05) is 26.4 Å². The van der Waals surface area contributed by atoms with Gasteiger partial charge in [0.2, 0.25) is 5.91 Å². The molecular formula is C30H25N3O4S2. The second-order valence-corrected chi connectivity index (χ2v) is 11.7. The number of fused-ring (bicyclic) bond motifs is 2. The molecule has 0 saturated carbocycles. The van der Waals surface area contributed by atoms with Gasteiger partial charge in [-0.25, -0.2) is 4.79 Å². The molecule has 0 saturated heterocycles. The molecule has 4 aromatic rings. The van der Waals surface area contributed by atoms with E-state index < -0.39 is 11.9 Å². The molecule has 0 fully saturated rings.